The predicted molar refractivity (Wildman–Crippen MR) is 36.0 cm³/mol. The molecule has 0 aromatic carbocycles. The molecule has 4 heteroatoms. The van der Waals surface area contributed by atoms with Crippen LogP contribution in [0.4, 0.5) is 0 Å². The number of carbonyl (C=O) groups is 2. The molecule has 4 nitrogen and oxygen atoms in total. The molecule has 1 aliphatic rings. The van der Waals surface area contributed by atoms with Gasteiger partial charge in [-0.15, -0.1) is 0 Å². The average Bonchev–Trinajstić information content (AvgIpc) is 2.03. The third-order valence-electron chi connectivity index (χ3n) is 1.58. The Bertz CT molecular complexity index is 175. The summed E-state index contributed by atoms with van der Waals surface area (Å²) < 4.78 is 9.43. The van der Waals surface area contributed by atoms with E-state index in [2.05, 4.69) is 4.74 Å². The van der Waals surface area contributed by atoms with E-state index in [-0.39, 0.29) is 12.2 Å². The number of carbonyl (C=O) groups excluding carboxylic acids is 2. The Kier molecular flexibility index (Phi) is 2.59. The Balaban J connectivity index is 2.45. The first-order valence-corrected chi connectivity index (χ1v) is 3.45. The Morgan fingerprint density at radius 2 is 2.45 bits per heavy atom. The molecule has 0 spiro atoms. The van der Waals surface area contributed by atoms with Gasteiger partial charge in [0.2, 0.25) is 0 Å². The minimum absolute atomic E-state index is 0.0617. The summed E-state index contributed by atoms with van der Waals surface area (Å²) in [7, 11) is 1.28. The molecule has 11 heavy (non-hydrogen) atoms. The van der Waals surface area contributed by atoms with E-state index in [1.807, 2.05) is 0 Å². The molecule has 1 aliphatic heterocycles. The van der Waals surface area contributed by atoms with Crippen LogP contribution < -0.4 is 0 Å². The van der Waals surface area contributed by atoms with Crippen LogP contribution in [0.5, 0.6) is 0 Å². The molecule has 0 aromatic heterocycles. The van der Waals surface area contributed by atoms with Crippen molar-refractivity contribution in [3.8, 4) is 0 Å². The van der Waals surface area contributed by atoms with Crippen molar-refractivity contribution in [3.05, 3.63) is 0 Å². The Morgan fingerprint density at radius 3 is 3.00 bits per heavy atom. The second kappa shape index (κ2) is 3.48. The molecule has 0 saturated carbocycles. The van der Waals surface area contributed by atoms with Crippen molar-refractivity contribution < 1.29 is 19.1 Å². The first-order valence-electron chi connectivity index (χ1n) is 3.45. The maximum absolute atomic E-state index is 10.8. The van der Waals surface area contributed by atoms with Crippen LogP contribution >= 0.6 is 0 Å². The van der Waals surface area contributed by atoms with E-state index in [1.54, 1.807) is 0 Å². The minimum Gasteiger partial charge on any atom is -0.467 e. The number of hydrogen-bond acceptors (Lipinski definition) is 4. The highest BCUT2D eigenvalue weighted by atomic mass is 16.6. The van der Waals surface area contributed by atoms with Crippen LogP contribution in [0.3, 0.4) is 0 Å². The third-order valence-corrected chi connectivity index (χ3v) is 1.58. The Hall–Kier alpha value is -0.900. The van der Waals surface area contributed by atoms with Crippen LogP contribution in [0.2, 0.25) is 0 Å². The number of ether oxygens (including phenoxy) is 2. The third kappa shape index (κ3) is 2.01. The lowest BCUT2D eigenvalue weighted by Gasteiger charge is -2.18. The van der Waals surface area contributed by atoms with Crippen molar-refractivity contribution >= 4 is 11.8 Å². The molecule has 0 aromatic rings. The molecule has 1 saturated heterocycles. The highest BCUT2D eigenvalue weighted by molar-refractivity contribution is 5.86. The Morgan fingerprint density at radius 1 is 1.73 bits per heavy atom. The summed E-state index contributed by atoms with van der Waals surface area (Å²) in [5.74, 6) is -0.398. The van der Waals surface area contributed by atoms with Crippen molar-refractivity contribution in [1.29, 1.82) is 0 Å². The molecular formula is C7H10O4. The first-order chi connectivity index (χ1) is 5.24. The lowest BCUT2D eigenvalue weighted by Crippen LogP contribution is -2.33. The topological polar surface area (TPSA) is 52.6 Å². The monoisotopic (exact) mass is 158 g/mol. The highest BCUT2D eigenvalue weighted by Gasteiger charge is 2.26. The van der Waals surface area contributed by atoms with Gasteiger partial charge in [0.25, 0.3) is 0 Å². The highest BCUT2D eigenvalue weighted by Crippen LogP contribution is 2.10. The van der Waals surface area contributed by atoms with Crippen LogP contribution in [0.15, 0.2) is 0 Å². The summed E-state index contributed by atoms with van der Waals surface area (Å²) in [5.41, 5.74) is 0. The predicted octanol–water partition coefficient (Wildman–Crippen LogP) is -0.0925. The van der Waals surface area contributed by atoms with E-state index in [1.165, 1.54) is 7.11 Å². The van der Waals surface area contributed by atoms with E-state index >= 15 is 0 Å². The fourth-order valence-electron chi connectivity index (χ4n) is 0.966. The van der Waals surface area contributed by atoms with Crippen molar-refractivity contribution in [2.75, 3.05) is 13.7 Å². The molecule has 0 N–H and O–H groups in total. The summed E-state index contributed by atoms with van der Waals surface area (Å²) in [6.45, 7) is 0.332. The van der Waals surface area contributed by atoms with Gasteiger partial charge in [0.05, 0.1) is 13.7 Å². The minimum atomic E-state index is -0.666. The largest absolute Gasteiger partial charge is 0.467 e. The van der Waals surface area contributed by atoms with Crippen LogP contribution in [-0.4, -0.2) is 31.6 Å². The van der Waals surface area contributed by atoms with E-state index in [9.17, 15) is 9.59 Å². The number of esters is 1. The number of Topliss-reactive ketones (excluding diaryl/α,β-unsaturated/α-hetero) is 1. The molecule has 0 aliphatic carbocycles. The molecule has 62 valence electrons. The first kappa shape index (κ1) is 8.20. The van der Waals surface area contributed by atoms with Crippen molar-refractivity contribution in [2.45, 2.75) is 18.9 Å². The lowest BCUT2D eigenvalue weighted by molar-refractivity contribution is -0.160. The van der Waals surface area contributed by atoms with Gasteiger partial charge in [-0.2, -0.15) is 0 Å². The molecule has 0 bridgehead atoms. The van der Waals surface area contributed by atoms with Gasteiger partial charge >= 0.3 is 5.97 Å². The van der Waals surface area contributed by atoms with Crippen molar-refractivity contribution in [2.24, 2.45) is 0 Å². The molecule has 0 amide bonds. The average molecular weight is 158 g/mol. The van der Waals surface area contributed by atoms with Crippen molar-refractivity contribution in [3.63, 3.8) is 0 Å². The van der Waals surface area contributed by atoms with E-state index < -0.39 is 12.1 Å². The van der Waals surface area contributed by atoms with Gasteiger partial charge in [-0.1, -0.05) is 0 Å². The summed E-state index contributed by atoms with van der Waals surface area (Å²) in [4.78, 5) is 21.6. The molecule has 1 heterocycles. The van der Waals surface area contributed by atoms with Crippen LogP contribution in [-0.2, 0) is 19.1 Å². The maximum atomic E-state index is 10.8. The smallest absolute Gasteiger partial charge is 0.335 e. The number of hydrogen-bond donors (Lipinski definition) is 0. The maximum Gasteiger partial charge on any atom is 0.335 e. The molecule has 0 radical (unpaired) electrons. The number of rotatable bonds is 1. The van der Waals surface area contributed by atoms with E-state index in [0.29, 0.717) is 13.0 Å². The SMILES string of the molecule is COC(=O)[C@@H]1CC(=O)CCO1. The zero-order valence-corrected chi connectivity index (χ0v) is 6.33. The Labute approximate surface area is 64.5 Å². The summed E-state index contributed by atoms with van der Waals surface area (Å²) in [6.07, 6.45) is -0.0959. The second-order valence-corrected chi connectivity index (χ2v) is 2.38. The quantitative estimate of drug-likeness (QED) is 0.500. The summed E-state index contributed by atoms with van der Waals surface area (Å²) in [6, 6.07) is 0. The zero-order valence-electron chi connectivity index (χ0n) is 6.33. The van der Waals surface area contributed by atoms with Gasteiger partial charge in [0.15, 0.2) is 6.10 Å². The van der Waals surface area contributed by atoms with E-state index in [0.717, 1.165) is 0 Å². The number of ketones is 1. The second-order valence-electron chi connectivity index (χ2n) is 2.38. The van der Waals surface area contributed by atoms with Crippen LogP contribution in [0, 0.1) is 0 Å². The molecule has 1 atom stereocenters. The summed E-state index contributed by atoms with van der Waals surface area (Å²) >= 11 is 0. The molecule has 0 unspecified atom stereocenters. The summed E-state index contributed by atoms with van der Waals surface area (Å²) in [5, 5.41) is 0. The molecule has 1 fully saturated rings. The van der Waals surface area contributed by atoms with Gasteiger partial charge in [0, 0.05) is 12.8 Å². The van der Waals surface area contributed by atoms with Gasteiger partial charge in [0.1, 0.15) is 5.78 Å². The van der Waals surface area contributed by atoms with Gasteiger partial charge in [-0.05, 0) is 0 Å². The zero-order chi connectivity index (χ0) is 8.27. The van der Waals surface area contributed by atoms with Crippen molar-refractivity contribution in [1.82, 2.24) is 0 Å². The molecular weight excluding hydrogens is 148 g/mol. The van der Waals surface area contributed by atoms with Gasteiger partial charge in [-0.3, -0.25) is 4.79 Å². The van der Waals surface area contributed by atoms with Crippen LogP contribution in [0.25, 0.3) is 0 Å². The standard InChI is InChI=1S/C7H10O4/c1-10-7(9)6-4-5(8)2-3-11-6/h6H,2-4H2,1H3/t6-/m0/s1. The normalized spacial score (nSPS) is 24.8. The molecule has 1 rings (SSSR count). The van der Waals surface area contributed by atoms with E-state index in [4.69, 9.17) is 4.74 Å². The lowest BCUT2D eigenvalue weighted by atomic mass is 10.1. The fourth-order valence-corrected chi connectivity index (χ4v) is 0.966. The number of methoxy groups -OCH3 is 1. The fraction of sp³-hybridized carbons (Fsp3) is 0.714. The van der Waals surface area contributed by atoms with Gasteiger partial charge in [-0.25, -0.2) is 4.79 Å². The van der Waals surface area contributed by atoms with Crippen LogP contribution in [0.1, 0.15) is 12.8 Å². The van der Waals surface area contributed by atoms with Gasteiger partial charge < -0.3 is 9.47 Å².